The molecule has 3 N–H and O–H groups in total. The molecule has 0 spiro atoms. The van der Waals surface area contributed by atoms with Gasteiger partial charge in [-0.25, -0.2) is 4.39 Å². The van der Waals surface area contributed by atoms with Gasteiger partial charge in [0.1, 0.15) is 5.82 Å². The monoisotopic (exact) mass is 313 g/mol. The molecule has 7 heteroatoms. The lowest BCUT2D eigenvalue weighted by Gasteiger charge is -2.19. The minimum Gasteiger partial charge on any atom is -0.409 e. The van der Waals surface area contributed by atoms with E-state index in [0.717, 1.165) is 4.88 Å². The molecule has 20 heavy (non-hydrogen) atoms. The second-order valence-electron chi connectivity index (χ2n) is 4.21. The molecule has 0 amide bonds. The SMILES string of the molecule is CN(Cc1ccc(Cl)s1)c1ccc(C(N)=NO)cc1F. The predicted octanol–water partition coefficient (Wildman–Crippen LogP) is 3.27. The summed E-state index contributed by atoms with van der Waals surface area (Å²) in [6.07, 6.45) is 0. The zero-order chi connectivity index (χ0) is 14.7. The topological polar surface area (TPSA) is 61.8 Å². The minimum atomic E-state index is -0.431. The van der Waals surface area contributed by atoms with Crippen LogP contribution in [0, 0.1) is 5.82 Å². The molecule has 0 unspecified atom stereocenters. The van der Waals surface area contributed by atoms with Gasteiger partial charge in [-0.2, -0.15) is 0 Å². The number of hydrogen-bond donors (Lipinski definition) is 2. The number of amidine groups is 1. The summed E-state index contributed by atoms with van der Waals surface area (Å²) in [5, 5.41) is 11.4. The highest BCUT2D eigenvalue weighted by atomic mass is 35.5. The fourth-order valence-electron chi connectivity index (χ4n) is 1.79. The van der Waals surface area contributed by atoms with E-state index in [1.54, 1.807) is 24.1 Å². The van der Waals surface area contributed by atoms with Crippen molar-refractivity contribution in [3.8, 4) is 0 Å². The van der Waals surface area contributed by atoms with E-state index >= 15 is 0 Å². The molecule has 4 nitrogen and oxygen atoms in total. The van der Waals surface area contributed by atoms with Gasteiger partial charge < -0.3 is 15.8 Å². The van der Waals surface area contributed by atoms with E-state index < -0.39 is 5.82 Å². The summed E-state index contributed by atoms with van der Waals surface area (Å²) < 4.78 is 14.8. The maximum Gasteiger partial charge on any atom is 0.170 e. The third-order valence-corrected chi connectivity index (χ3v) is 4.00. The van der Waals surface area contributed by atoms with Gasteiger partial charge in [-0.15, -0.1) is 11.3 Å². The fraction of sp³-hybridized carbons (Fsp3) is 0.154. The summed E-state index contributed by atoms with van der Waals surface area (Å²) in [4.78, 5) is 2.81. The van der Waals surface area contributed by atoms with Crippen LogP contribution in [-0.2, 0) is 6.54 Å². The Balaban J connectivity index is 2.20. The van der Waals surface area contributed by atoms with Crippen molar-refractivity contribution in [1.29, 1.82) is 0 Å². The fourth-order valence-corrected chi connectivity index (χ4v) is 2.93. The summed E-state index contributed by atoms with van der Waals surface area (Å²) in [5.74, 6) is -0.553. The number of anilines is 1. The minimum absolute atomic E-state index is 0.122. The molecule has 1 aromatic heterocycles. The summed E-state index contributed by atoms with van der Waals surface area (Å²) in [7, 11) is 1.79. The van der Waals surface area contributed by atoms with Crippen LogP contribution in [0.5, 0.6) is 0 Å². The van der Waals surface area contributed by atoms with Crippen molar-refractivity contribution in [2.75, 3.05) is 11.9 Å². The molecule has 0 aliphatic heterocycles. The lowest BCUT2D eigenvalue weighted by molar-refractivity contribution is 0.318. The first-order chi connectivity index (χ1) is 9.51. The zero-order valence-corrected chi connectivity index (χ0v) is 12.2. The van der Waals surface area contributed by atoms with Crippen LogP contribution in [0.15, 0.2) is 35.5 Å². The van der Waals surface area contributed by atoms with Gasteiger partial charge in [0.15, 0.2) is 5.84 Å². The van der Waals surface area contributed by atoms with Crippen molar-refractivity contribution >= 4 is 34.5 Å². The highest BCUT2D eigenvalue weighted by molar-refractivity contribution is 7.16. The van der Waals surface area contributed by atoms with Crippen LogP contribution in [0.2, 0.25) is 4.34 Å². The standard InChI is InChI=1S/C13H13ClFN3OS/c1-18(7-9-3-5-12(14)20-9)11-4-2-8(6-10(11)15)13(16)17-19/h2-6,19H,7H2,1H3,(H2,16,17). The molecule has 0 aliphatic carbocycles. The third-order valence-electron chi connectivity index (χ3n) is 2.78. The van der Waals surface area contributed by atoms with Crippen LogP contribution in [0.1, 0.15) is 10.4 Å². The van der Waals surface area contributed by atoms with Crippen molar-refractivity contribution in [3.05, 3.63) is 50.9 Å². The second kappa shape index (κ2) is 6.11. The smallest absolute Gasteiger partial charge is 0.170 e. The van der Waals surface area contributed by atoms with Gasteiger partial charge >= 0.3 is 0 Å². The van der Waals surface area contributed by atoms with Crippen molar-refractivity contribution < 1.29 is 9.60 Å². The van der Waals surface area contributed by atoms with E-state index in [1.807, 2.05) is 12.1 Å². The molecule has 0 saturated heterocycles. The van der Waals surface area contributed by atoms with Crippen LogP contribution >= 0.6 is 22.9 Å². The van der Waals surface area contributed by atoms with E-state index in [9.17, 15) is 4.39 Å². The Morgan fingerprint density at radius 1 is 1.45 bits per heavy atom. The maximum atomic E-state index is 14.0. The molecule has 0 radical (unpaired) electrons. The number of hydrogen-bond acceptors (Lipinski definition) is 4. The zero-order valence-electron chi connectivity index (χ0n) is 10.7. The van der Waals surface area contributed by atoms with Crippen molar-refractivity contribution in [2.45, 2.75) is 6.54 Å². The lowest BCUT2D eigenvalue weighted by atomic mass is 10.1. The van der Waals surface area contributed by atoms with Gasteiger partial charge in [0.2, 0.25) is 0 Å². The van der Waals surface area contributed by atoms with Gasteiger partial charge in [0.25, 0.3) is 0 Å². The molecule has 1 aromatic carbocycles. The molecule has 0 atom stereocenters. The first-order valence-electron chi connectivity index (χ1n) is 5.74. The Morgan fingerprint density at radius 3 is 2.75 bits per heavy atom. The maximum absolute atomic E-state index is 14.0. The van der Waals surface area contributed by atoms with Crippen LogP contribution in [0.25, 0.3) is 0 Å². The molecule has 106 valence electrons. The Kier molecular flexibility index (Phi) is 4.46. The number of benzene rings is 1. The number of nitrogens with zero attached hydrogens (tertiary/aromatic N) is 2. The summed E-state index contributed by atoms with van der Waals surface area (Å²) in [5.41, 5.74) is 6.19. The average molecular weight is 314 g/mol. The summed E-state index contributed by atoms with van der Waals surface area (Å²) in [6.45, 7) is 0.553. The normalized spacial score (nSPS) is 11.7. The molecule has 2 aromatic rings. The third kappa shape index (κ3) is 3.20. The number of oxime groups is 1. The van der Waals surface area contributed by atoms with E-state index in [2.05, 4.69) is 5.16 Å². The van der Waals surface area contributed by atoms with E-state index in [-0.39, 0.29) is 5.84 Å². The Bertz CT molecular complexity index is 644. The molecule has 0 saturated carbocycles. The van der Waals surface area contributed by atoms with E-state index in [1.165, 1.54) is 17.4 Å². The molecule has 0 bridgehead atoms. The van der Waals surface area contributed by atoms with Gasteiger partial charge in [-0.1, -0.05) is 16.8 Å². The molecular weight excluding hydrogens is 301 g/mol. The van der Waals surface area contributed by atoms with E-state index in [0.29, 0.717) is 22.1 Å². The van der Waals surface area contributed by atoms with Crippen LogP contribution in [-0.4, -0.2) is 18.1 Å². The van der Waals surface area contributed by atoms with Gasteiger partial charge in [0.05, 0.1) is 16.6 Å². The van der Waals surface area contributed by atoms with Crippen LogP contribution in [0.4, 0.5) is 10.1 Å². The number of thiophene rings is 1. The Labute approximate surface area is 124 Å². The highest BCUT2D eigenvalue weighted by Gasteiger charge is 2.11. The summed E-state index contributed by atoms with van der Waals surface area (Å²) in [6, 6.07) is 8.16. The average Bonchev–Trinajstić information content (AvgIpc) is 2.82. The molecular formula is C13H13ClFN3OS. The predicted molar refractivity (Wildman–Crippen MR) is 80.3 cm³/mol. The second-order valence-corrected chi connectivity index (χ2v) is 6.01. The number of nitrogens with two attached hydrogens (primary N) is 1. The Hall–Kier alpha value is -1.79. The first kappa shape index (κ1) is 14.6. The number of halogens is 2. The van der Waals surface area contributed by atoms with Crippen LogP contribution < -0.4 is 10.6 Å². The van der Waals surface area contributed by atoms with Gasteiger partial charge in [-0.05, 0) is 30.3 Å². The lowest BCUT2D eigenvalue weighted by Crippen LogP contribution is -2.18. The Morgan fingerprint density at radius 2 is 2.20 bits per heavy atom. The van der Waals surface area contributed by atoms with E-state index in [4.69, 9.17) is 22.5 Å². The largest absolute Gasteiger partial charge is 0.409 e. The van der Waals surface area contributed by atoms with Gasteiger partial charge in [0, 0.05) is 17.5 Å². The summed E-state index contributed by atoms with van der Waals surface area (Å²) >= 11 is 7.33. The highest BCUT2D eigenvalue weighted by Crippen LogP contribution is 2.26. The molecule has 0 aliphatic rings. The molecule has 2 rings (SSSR count). The van der Waals surface area contributed by atoms with Crippen molar-refractivity contribution in [1.82, 2.24) is 0 Å². The quantitative estimate of drug-likeness (QED) is 0.394. The number of rotatable bonds is 4. The molecule has 1 heterocycles. The van der Waals surface area contributed by atoms with Crippen molar-refractivity contribution in [2.24, 2.45) is 10.9 Å². The van der Waals surface area contributed by atoms with Crippen LogP contribution in [0.3, 0.4) is 0 Å². The molecule has 0 fully saturated rings. The van der Waals surface area contributed by atoms with Crippen molar-refractivity contribution in [3.63, 3.8) is 0 Å². The van der Waals surface area contributed by atoms with Gasteiger partial charge in [-0.3, -0.25) is 0 Å². The first-order valence-corrected chi connectivity index (χ1v) is 6.93.